The Bertz CT molecular complexity index is 1280. The van der Waals surface area contributed by atoms with Crippen molar-refractivity contribution in [2.45, 2.75) is 13.3 Å². The first-order valence-corrected chi connectivity index (χ1v) is 12.7. The highest BCUT2D eigenvalue weighted by molar-refractivity contribution is 5.98. The van der Waals surface area contributed by atoms with Crippen molar-refractivity contribution >= 4 is 46.9 Å². The number of amides is 1. The maximum atomic E-state index is 14.6. The van der Waals surface area contributed by atoms with Gasteiger partial charge in [-0.1, -0.05) is 6.92 Å². The lowest BCUT2D eigenvalue weighted by atomic mass is 10.2. The van der Waals surface area contributed by atoms with E-state index in [9.17, 15) is 9.18 Å². The Balaban J connectivity index is 0.00000112. The van der Waals surface area contributed by atoms with Crippen LogP contribution in [0.15, 0.2) is 48.7 Å². The van der Waals surface area contributed by atoms with Gasteiger partial charge in [-0.2, -0.15) is 4.98 Å². The molecule has 12 heteroatoms. The van der Waals surface area contributed by atoms with Crippen molar-refractivity contribution < 1.29 is 23.8 Å². The first-order valence-electron chi connectivity index (χ1n) is 12.7. The van der Waals surface area contributed by atoms with Crippen molar-refractivity contribution in [3.63, 3.8) is 0 Å². The number of carboxylic acid groups (broad SMARTS) is 1. The number of nitrogens with zero attached hydrogens (tertiary/aromatic N) is 5. The summed E-state index contributed by atoms with van der Waals surface area (Å²) in [6.07, 6.45) is 1.94. The molecule has 3 N–H and O–H groups in total. The Morgan fingerprint density at radius 2 is 1.77 bits per heavy atom. The van der Waals surface area contributed by atoms with Gasteiger partial charge in [-0.25, -0.2) is 9.37 Å². The summed E-state index contributed by atoms with van der Waals surface area (Å²) in [5, 5.41) is 13.0. The summed E-state index contributed by atoms with van der Waals surface area (Å²) in [4.78, 5) is 35.5. The second-order valence-electron chi connectivity index (χ2n) is 9.10. The first-order chi connectivity index (χ1) is 18.9. The molecular weight excluding hydrogens is 505 g/mol. The fourth-order valence-electron chi connectivity index (χ4n) is 4.35. The monoisotopic (exact) mass is 537 g/mol. The SMILES string of the molecule is CCCN1C(=O)COc2ccc(Nc3nc(Nc4ccc(N5CCN(C)CC5)cc4)ncc3F)cc21.O=CO. The Kier molecular flexibility index (Phi) is 9.10. The number of nitrogens with one attached hydrogen (secondary N) is 2. The number of anilines is 6. The van der Waals surface area contributed by atoms with Crippen LogP contribution in [0.1, 0.15) is 13.3 Å². The largest absolute Gasteiger partial charge is 0.483 e. The molecule has 11 nitrogen and oxygen atoms in total. The summed E-state index contributed by atoms with van der Waals surface area (Å²) in [5.74, 6) is 0.252. The third-order valence-corrected chi connectivity index (χ3v) is 6.35. The topological polar surface area (TPSA) is 123 Å². The molecule has 5 rings (SSSR count). The Labute approximate surface area is 226 Å². The number of halogens is 1. The Hall–Kier alpha value is -4.45. The Morgan fingerprint density at radius 3 is 2.46 bits per heavy atom. The summed E-state index contributed by atoms with van der Waals surface area (Å²) in [7, 11) is 2.14. The fraction of sp³-hybridized carbons (Fsp3) is 0.333. The van der Waals surface area contributed by atoms with E-state index in [0.29, 0.717) is 23.7 Å². The van der Waals surface area contributed by atoms with Gasteiger partial charge in [-0.05, 0) is 55.9 Å². The molecule has 3 heterocycles. The van der Waals surface area contributed by atoms with Crippen LogP contribution in [0.2, 0.25) is 0 Å². The van der Waals surface area contributed by atoms with Gasteiger partial charge in [0.15, 0.2) is 18.2 Å². The second kappa shape index (κ2) is 12.9. The van der Waals surface area contributed by atoms with Crippen LogP contribution in [0.25, 0.3) is 0 Å². The van der Waals surface area contributed by atoms with E-state index in [1.165, 1.54) is 5.69 Å². The highest BCUT2D eigenvalue weighted by Crippen LogP contribution is 2.35. The third-order valence-electron chi connectivity index (χ3n) is 6.35. The minimum Gasteiger partial charge on any atom is -0.483 e. The van der Waals surface area contributed by atoms with Crippen molar-refractivity contribution in [3.8, 4) is 5.75 Å². The predicted molar refractivity (Wildman–Crippen MR) is 148 cm³/mol. The molecular formula is C27H32FN7O4. The maximum absolute atomic E-state index is 14.6. The second-order valence-corrected chi connectivity index (χ2v) is 9.10. The van der Waals surface area contributed by atoms with Crippen LogP contribution in [0.4, 0.5) is 38.9 Å². The molecule has 1 amide bonds. The predicted octanol–water partition coefficient (Wildman–Crippen LogP) is 3.69. The molecule has 0 saturated carbocycles. The lowest BCUT2D eigenvalue weighted by molar-refractivity contribution is -0.123. The lowest BCUT2D eigenvalue weighted by Crippen LogP contribution is -2.44. The molecule has 0 bridgehead atoms. The van der Waals surface area contributed by atoms with Crippen molar-refractivity contribution in [1.82, 2.24) is 14.9 Å². The summed E-state index contributed by atoms with van der Waals surface area (Å²) in [5.41, 5.74) is 3.23. The molecule has 0 spiro atoms. The molecule has 0 unspecified atom stereocenters. The van der Waals surface area contributed by atoms with Crippen LogP contribution in [-0.2, 0) is 9.59 Å². The number of carbonyl (C=O) groups is 2. The number of hydrogen-bond donors (Lipinski definition) is 3. The van der Waals surface area contributed by atoms with Gasteiger partial charge >= 0.3 is 0 Å². The van der Waals surface area contributed by atoms with Crippen LogP contribution in [-0.4, -0.2) is 78.7 Å². The molecule has 0 radical (unpaired) electrons. The molecule has 206 valence electrons. The number of rotatable bonds is 7. The number of benzene rings is 2. The molecule has 39 heavy (non-hydrogen) atoms. The highest BCUT2D eigenvalue weighted by Gasteiger charge is 2.25. The molecule has 3 aromatic rings. The van der Waals surface area contributed by atoms with Crippen molar-refractivity contribution in [2.24, 2.45) is 0 Å². The van der Waals surface area contributed by atoms with Gasteiger partial charge in [0.05, 0.1) is 11.9 Å². The number of ether oxygens (including phenoxy) is 1. The van der Waals surface area contributed by atoms with Gasteiger partial charge in [0.2, 0.25) is 5.95 Å². The molecule has 0 aliphatic carbocycles. The lowest BCUT2D eigenvalue weighted by Gasteiger charge is -2.34. The number of hydrogen-bond acceptors (Lipinski definition) is 9. The molecule has 1 saturated heterocycles. The van der Waals surface area contributed by atoms with E-state index < -0.39 is 5.82 Å². The van der Waals surface area contributed by atoms with Crippen LogP contribution >= 0.6 is 0 Å². The van der Waals surface area contributed by atoms with Gasteiger partial charge in [0.25, 0.3) is 12.4 Å². The van der Waals surface area contributed by atoms with E-state index in [1.807, 2.05) is 19.1 Å². The zero-order valence-electron chi connectivity index (χ0n) is 21.9. The van der Waals surface area contributed by atoms with E-state index in [0.717, 1.165) is 44.5 Å². The Morgan fingerprint density at radius 1 is 1.08 bits per heavy atom. The van der Waals surface area contributed by atoms with E-state index in [2.05, 4.69) is 49.6 Å². The van der Waals surface area contributed by atoms with E-state index in [1.54, 1.807) is 23.1 Å². The zero-order valence-corrected chi connectivity index (χ0v) is 21.9. The van der Waals surface area contributed by atoms with Crippen molar-refractivity contribution in [1.29, 1.82) is 0 Å². The summed E-state index contributed by atoms with van der Waals surface area (Å²) in [6, 6.07) is 13.4. The van der Waals surface area contributed by atoms with Gasteiger partial charge in [-0.15, -0.1) is 0 Å². The molecule has 2 aromatic carbocycles. The fourth-order valence-corrected chi connectivity index (χ4v) is 4.35. The molecule has 0 atom stereocenters. The van der Waals surface area contributed by atoms with Crippen LogP contribution in [0.3, 0.4) is 0 Å². The summed E-state index contributed by atoms with van der Waals surface area (Å²) >= 11 is 0. The van der Waals surface area contributed by atoms with Crippen LogP contribution in [0, 0.1) is 5.82 Å². The number of likely N-dealkylation sites (N-methyl/N-ethyl adjacent to an activating group) is 1. The van der Waals surface area contributed by atoms with Gasteiger partial charge in [0.1, 0.15) is 5.75 Å². The standard InChI is InChI=1S/C26H30FN7O2.CH2O2/c1-3-10-34-22-15-19(6-9-23(22)36-17-24(34)35)29-25-21(27)16-28-26(31-25)30-18-4-7-20(8-5-18)33-13-11-32(2)12-14-33;2-1-3/h4-9,15-16H,3,10-14,17H2,1-2H3,(H2,28,29,30,31);1H,(H,2,3). The van der Waals surface area contributed by atoms with E-state index >= 15 is 0 Å². The quantitative estimate of drug-likeness (QED) is 0.385. The van der Waals surface area contributed by atoms with E-state index in [4.69, 9.17) is 14.6 Å². The smallest absolute Gasteiger partial charge is 0.290 e. The average molecular weight is 538 g/mol. The maximum Gasteiger partial charge on any atom is 0.290 e. The molecule has 2 aliphatic rings. The third kappa shape index (κ3) is 6.90. The van der Waals surface area contributed by atoms with Gasteiger partial charge in [-0.3, -0.25) is 9.59 Å². The summed E-state index contributed by atoms with van der Waals surface area (Å²) in [6.45, 7) is 6.45. The molecule has 1 fully saturated rings. The van der Waals surface area contributed by atoms with Crippen LogP contribution < -0.4 is 25.2 Å². The highest BCUT2D eigenvalue weighted by atomic mass is 19.1. The number of carbonyl (C=O) groups excluding carboxylic acids is 1. The van der Waals surface area contributed by atoms with Gasteiger partial charge < -0.3 is 35.2 Å². The minimum atomic E-state index is -0.582. The van der Waals surface area contributed by atoms with Crippen molar-refractivity contribution in [3.05, 3.63) is 54.5 Å². The van der Waals surface area contributed by atoms with Crippen molar-refractivity contribution in [2.75, 3.05) is 66.8 Å². The normalized spacial score (nSPS) is 15.0. The minimum absolute atomic E-state index is 0.0195. The number of aromatic nitrogens is 2. The zero-order chi connectivity index (χ0) is 27.8. The first kappa shape index (κ1) is 27.6. The molecule has 2 aliphatic heterocycles. The molecule has 1 aromatic heterocycles. The number of fused-ring (bicyclic) bond motifs is 1. The van der Waals surface area contributed by atoms with Gasteiger partial charge in [0, 0.05) is 49.8 Å². The average Bonchev–Trinajstić information content (AvgIpc) is 2.94. The van der Waals surface area contributed by atoms with Crippen LogP contribution in [0.5, 0.6) is 5.75 Å². The van der Waals surface area contributed by atoms with E-state index in [-0.39, 0.29) is 30.8 Å². The summed E-state index contributed by atoms with van der Waals surface area (Å²) < 4.78 is 20.1. The number of piperazine rings is 1.